The Kier molecular flexibility index (Phi) is 10.3. The van der Waals surface area contributed by atoms with E-state index in [1.165, 1.54) is 0 Å². The third kappa shape index (κ3) is 6.96. The second-order valence-corrected chi connectivity index (χ2v) is 10.9. The number of hydrogen-bond acceptors (Lipinski definition) is 12. The van der Waals surface area contributed by atoms with Gasteiger partial charge in [0.1, 0.15) is 48.8 Å². The summed E-state index contributed by atoms with van der Waals surface area (Å²) in [6, 6.07) is 0. The van der Waals surface area contributed by atoms with Crippen LogP contribution in [0.2, 0.25) is 0 Å². The van der Waals surface area contributed by atoms with Gasteiger partial charge in [0.2, 0.25) is 0 Å². The number of hydrogen-bond donors (Lipinski definition) is 8. The molecule has 3 aliphatic rings. The lowest BCUT2D eigenvalue weighted by Gasteiger charge is -2.44. The maximum Gasteiger partial charge on any atom is 0.186 e. The Bertz CT molecular complexity index is 811. The van der Waals surface area contributed by atoms with Gasteiger partial charge in [-0.15, -0.1) is 0 Å². The minimum absolute atomic E-state index is 0.304. The van der Waals surface area contributed by atoms with Gasteiger partial charge in [-0.3, -0.25) is 0 Å². The fraction of sp³-hybridized carbons (Fsp3) is 0.840. The minimum Gasteiger partial charge on any atom is -0.394 e. The zero-order valence-corrected chi connectivity index (χ0v) is 21.6. The molecule has 1 aliphatic carbocycles. The molecule has 0 aromatic heterocycles. The molecule has 12 atom stereocenters. The number of aliphatic hydroxyl groups is 8. The maximum absolute atomic E-state index is 10.5. The molecule has 0 spiro atoms. The average Bonchev–Trinajstić information content (AvgIpc) is 2.82. The van der Waals surface area contributed by atoms with E-state index in [4.69, 9.17) is 18.9 Å². The van der Waals surface area contributed by atoms with Crippen LogP contribution in [0.4, 0.5) is 0 Å². The largest absolute Gasteiger partial charge is 0.394 e. The van der Waals surface area contributed by atoms with Crippen LogP contribution in [0, 0.1) is 5.41 Å². The molecule has 0 bridgehead atoms. The summed E-state index contributed by atoms with van der Waals surface area (Å²) in [6.07, 6.45) is -10.8. The van der Waals surface area contributed by atoms with Crippen LogP contribution < -0.4 is 0 Å². The van der Waals surface area contributed by atoms with Crippen molar-refractivity contribution >= 4 is 0 Å². The number of allylic oxidation sites excluding steroid dienone is 2. The van der Waals surface area contributed by atoms with Gasteiger partial charge >= 0.3 is 0 Å². The molecule has 0 saturated carbocycles. The summed E-state index contributed by atoms with van der Waals surface area (Å²) in [6.45, 7) is 6.68. The van der Waals surface area contributed by atoms with Crippen LogP contribution in [0.25, 0.3) is 0 Å². The average molecular weight is 535 g/mol. The van der Waals surface area contributed by atoms with Crippen LogP contribution in [0.15, 0.2) is 23.3 Å². The van der Waals surface area contributed by atoms with Crippen molar-refractivity contribution in [1.29, 1.82) is 0 Å². The van der Waals surface area contributed by atoms with Crippen molar-refractivity contribution in [3.8, 4) is 0 Å². The van der Waals surface area contributed by atoms with E-state index >= 15 is 0 Å². The summed E-state index contributed by atoms with van der Waals surface area (Å²) in [5.41, 5.74) is 1.83. The molecule has 8 N–H and O–H groups in total. The molecule has 2 aliphatic heterocycles. The topological polar surface area (TPSA) is 199 Å². The van der Waals surface area contributed by atoms with Crippen LogP contribution in [0.3, 0.4) is 0 Å². The molecule has 0 radical (unpaired) electrons. The summed E-state index contributed by atoms with van der Waals surface area (Å²) in [5.74, 6) is 0. The van der Waals surface area contributed by atoms with E-state index in [-0.39, 0.29) is 11.5 Å². The molecule has 0 aromatic rings. The van der Waals surface area contributed by atoms with E-state index in [1.807, 2.05) is 26.8 Å². The Labute approximate surface area is 216 Å². The van der Waals surface area contributed by atoms with Crippen LogP contribution in [-0.4, -0.2) is 128 Å². The zero-order valence-electron chi connectivity index (χ0n) is 21.6. The predicted molar refractivity (Wildman–Crippen MR) is 128 cm³/mol. The summed E-state index contributed by atoms with van der Waals surface area (Å²) >= 11 is 0. The third-order valence-electron chi connectivity index (χ3n) is 7.27. The highest BCUT2D eigenvalue weighted by Gasteiger charge is 2.48. The molecule has 2 fully saturated rings. The Morgan fingerprint density at radius 3 is 2.05 bits per heavy atom. The highest BCUT2D eigenvalue weighted by atomic mass is 16.7. The van der Waals surface area contributed by atoms with E-state index in [1.54, 1.807) is 13.0 Å². The SMILES string of the molecule is CC1=C(/C=C/C(C)O)C(C)(C)CC(O[C@@H]2O[C@H](CO[C@@H]3O[C@H](CO)[C@@H](O)[C@H](O)[C@H]3O)[C@@H](O)[C@H](O)[C@H]2O)C1. The summed E-state index contributed by atoms with van der Waals surface area (Å²) in [5, 5.41) is 80.4. The first-order chi connectivity index (χ1) is 17.3. The molecule has 3 rings (SSSR count). The Hall–Kier alpha value is -1.00. The molecular weight excluding hydrogens is 492 g/mol. The smallest absolute Gasteiger partial charge is 0.186 e. The molecule has 12 nitrogen and oxygen atoms in total. The van der Waals surface area contributed by atoms with E-state index in [0.717, 1.165) is 11.1 Å². The monoisotopic (exact) mass is 534 g/mol. The maximum atomic E-state index is 10.5. The fourth-order valence-corrected chi connectivity index (χ4v) is 5.23. The first-order valence-corrected chi connectivity index (χ1v) is 12.6. The number of aliphatic hydroxyl groups excluding tert-OH is 8. The van der Waals surface area contributed by atoms with Crippen LogP contribution >= 0.6 is 0 Å². The molecule has 2 saturated heterocycles. The molecule has 12 heteroatoms. The first-order valence-electron chi connectivity index (χ1n) is 12.6. The van der Waals surface area contributed by atoms with Gasteiger partial charge in [-0.1, -0.05) is 31.6 Å². The minimum atomic E-state index is -1.64. The van der Waals surface area contributed by atoms with E-state index in [2.05, 4.69) is 0 Å². The highest BCUT2D eigenvalue weighted by molar-refractivity contribution is 5.34. The standard InChI is InChI=1S/C25H42O12/c1-11-7-13(8-25(3,4)14(11)6-5-12(2)27)35-24-22(33)20(31)18(29)16(37-24)10-34-23-21(32)19(30)17(28)15(9-26)36-23/h5-6,12-13,15-24,26-33H,7-10H2,1-4H3/b6-5+/t12?,13?,15-,16-,17-,18-,19+,20+,21-,22-,23-,24-/m1/s1. The fourth-order valence-electron chi connectivity index (χ4n) is 5.23. The van der Waals surface area contributed by atoms with Crippen molar-refractivity contribution in [2.24, 2.45) is 5.41 Å². The zero-order chi connectivity index (χ0) is 27.7. The Balaban J connectivity index is 1.66. The van der Waals surface area contributed by atoms with E-state index in [0.29, 0.717) is 12.8 Å². The molecule has 2 unspecified atom stereocenters. The van der Waals surface area contributed by atoms with Crippen molar-refractivity contribution in [3.05, 3.63) is 23.3 Å². The summed E-state index contributed by atoms with van der Waals surface area (Å²) < 4.78 is 22.6. The lowest BCUT2D eigenvalue weighted by atomic mass is 9.71. The molecule has 0 amide bonds. The molecule has 214 valence electrons. The van der Waals surface area contributed by atoms with E-state index in [9.17, 15) is 40.9 Å². The Morgan fingerprint density at radius 1 is 0.919 bits per heavy atom. The Morgan fingerprint density at radius 2 is 1.49 bits per heavy atom. The molecule has 37 heavy (non-hydrogen) atoms. The van der Waals surface area contributed by atoms with E-state index < -0.39 is 80.7 Å². The van der Waals surface area contributed by atoms with Crippen LogP contribution in [-0.2, 0) is 18.9 Å². The summed E-state index contributed by atoms with van der Waals surface area (Å²) in [4.78, 5) is 0. The van der Waals surface area contributed by atoms with Gasteiger partial charge in [-0.05, 0) is 37.7 Å². The van der Waals surface area contributed by atoms with Crippen molar-refractivity contribution in [2.75, 3.05) is 13.2 Å². The van der Waals surface area contributed by atoms with Gasteiger partial charge in [0.25, 0.3) is 0 Å². The third-order valence-corrected chi connectivity index (χ3v) is 7.27. The van der Waals surface area contributed by atoms with Crippen LogP contribution in [0.5, 0.6) is 0 Å². The predicted octanol–water partition coefficient (Wildman–Crippen LogP) is -1.93. The molecular formula is C25H42O12. The second-order valence-electron chi connectivity index (χ2n) is 10.9. The van der Waals surface area contributed by atoms with Gasteiger partial charge < -0.3 is 59.8 Å². The van der Waals surface area contributed by atoms with Gasteiger partial charge in [0, 0.05) is 0 Å². The van der Waals surface area contributed by atoms with Crippen LogP contribution in [0.1, 0.15) is 40.5 Å². The quantitative estimate of drug-likeness (QED) is 0.172. The van der Waals surface area contributed by atoms with Crippen molar-refractivity contribution < 1.29 is 59.8 Å². The van der Waals surface area contributed by atoms with Crippen molar-refractivity contribution in [1.82, 2.24) is 0 Å². The molecule has 2 heterocycles. The van der Waals surface area contributed by atoms with Gasteiger partial charge in [-0.2, -0.15) is 0 Å². The lowest BCUT2D eigenvalue weighted by molar-refractivity contribution is -0.336. The first kappa shape index (κ1) is 30.5. The van der Waals surface area contributed by atoms with Gasteiger partial charge in [0.15, 0.2) is 12.6 Å². The van der Waals surface area contributed by atoms with Gasteiger partial charge in [0.05, 0.1) is 25.4 Å². The normalized spacial score (nSPS) is 43.8. The highest BCUT2D eigenvalue weighted by Crippen LogP contribution is 2.43. The number of rotatable bonds is 8. The van der Waals surface area contributed by atoms with Gasteiger partial charge in [-0.25, -0.2) is 0 Å². The number of ether oxygens (including phenoxy) is 4. The lowest BCUT2D eigenvalue weighted by Crippen LogP contribution is -2.62. The summed E-state index contributed by atoms with van der Waals surface area (Å²) in [7, 11) is 0. The van der Waals surface area contributed by atoms with Crippen molar-refractivity contribution in [3.63, 3.8) is 0 Å². The van der Waals surface area contributed by atoms with Crippen molar-refractivity contribution in [2.45, 2.75) is 114 Å². The molecule has 0 aromatic carbocycles. The second kappa shape index (κ2) is 12.5.